The molecular weight excluding hydrogens is 332 g/mol. The van der Waals surface area contributed by atoms with Gasteiger partial charge in [-0.05, 0) is 90.9 Å². The Labute approximate surface area is 157 Å². The summed E-state index contributed by atoms with van der Waals surface area (Å²) in [6.45, 7) is 7.48. The molecule has 3 fully saturated rings. The minimum atomic E-state index is 0.149. The number of carbonyl (C=O) groups is 1. The number of rotatable bonds is 2. The number of aliphatic hydroxyl groups excluding tert-OH is 1. The van der Waals surface area contributed by atoms with Crippen LogP contribution in [0.3, 0.4) is 0 Å². The summed E-state index contributed by atoms with van der Waals surface area (Å²) in [5.74, 6) is 3.53. The SMILES string of the molecule is CC(CO)C1CCC2C3CCC4=C(Cl)C(=O)CCC4(C)C3CCC12C. The Bertz CT molecular complexity index is 611. The Kier molecular flexibility index (Phi) is 4.40. The van der Waals surface area contributed by atoms with E-state index in [9.17, 15) is 9.90 Å². The average Bonchev–Trinajstić information content (AvgIpc) is 2.95. The molecule has 7 unspecified atom stereocenters. The third-order valence-electron chi connectivity index (χ3n) is 9.10. The van der Waals surface area contributed by atoms with Gasteiger partial charge in [0, 0.05) is 13.0 Å². The molecule has 0 aromatic carbocycles. The van der Waals surface area contributed by atoms with Gasteiger partial charge in [0.05, 0.1) is 5.03 Å². The summed E-state index contributed by atoms with van der Waals surface area (Å²) in [6, 6.07) is 0. The predicted molar refractivity (Wildman–Crippen MR) is 101 cm³/mol. The van der Waals surface area contributed by atoms with Crippen LogP contribution in [0.15, 0.2) is 10.6 Å². The van der Waals surface area contributed by atoms with Crippen LogP contribution < -0.4 is 0 Å². The lowest BCUT2D eigenvalue weighted by molar-refractivity contribution is -0.118. The predicted octanol–water partition coefficient (Wildman–Crippen LogP) is 5.33. The fourth-order valence-electron chi connectivity index (χ4n) is 7.75. The summed E-state index contributed by atoms with van der Waals surface area (Å²) in [5, 5.41) is 10.3. The van der Waals surface area contributed by atoms with Crippen LogP contribution in [0, 0.1) is 40.4 Å². The van der Waals surface area contributed by atoms with Gasteiger partial charge in [-0.15, -0.1) is 0 Å². The molecule has 0 aliphatic heterocycles. The van der Waals surface area contributed by atoms with E-state index >= 15 is 0 Å². The largest absolute Gasteiger partial charge is 0.396 e. The molecule has 140 valence electrons. The van der Waals surface area contributed by atoms with Crippen molar-refractivity contribution in [1.29, 1.82) is 0 Å². The lowest BCUT2D eigenvalue weighted by Gasteiger charge is -2.58. The minimum Gasteiger partial charge on any atom is -0.396 e. The number of Topliss-reactive ketones (excluding diaryl/α,β-unsaturated/α-hetero) is 1. The van der Waals surface area contributed by atoms with E-state index in [4.69, 9.17) is 11.6 Å². The van der Waals surface area contributed by atoms with Crippen molar-refractivity contribution < 1.29 is 9.90 Å². The van der Waals surface area contributed by atoms with Crippen molar-refractivity contribution in [2.45, 2.75) is 72.1 Å². The van der Waals surface area contributed by atoms with Crippen LogP contribution in [0.2, 0.25) is 0 Å². The molecule has 0 aromatic heterocycles. The molecular formula is C22H33ClO2. The van der Waals surface area contributed by atoms with Crippen molar-refractivity contribution in [3.8, 4) is 0 Å². The van der Waals surface area contributed by atoms with Gasteiger partial charge in [-0.25, -0.2) is 0 Å². The standard InChI is InChI=1S/C22H33ClO2/c1-13(12-24)15-6-7-16-14-4-5-18-20(23)19(25)9-11-22(18,3)17(14)8-10-21(15,16)2/h13-17,24H,4-12H2,1-3H3. The highest BCUT2D eigenvalue weighted by Crippen LogP contribution is 2.67. The van der Waals surface area contributed by atoms with Gasteiger partial charge in [-0.2, -0.15) is 0 Å². The zero-order valence-corrected chi connectivity index (χ0v) is 16.7. The van der Waals surface area contributed by atoms with E-state index in [0.717, 1.165) is 24.7 Å². The van der Waals surface area contributed by atoms with E-state index < -0.39 is 0 Å². The maximum absolute atomic E-state index is 12.1. The number of hydrogen-bond acceptors (Lipinski definition) is 2. The maximum atomic E-state index is 12.1. The Hall–Kier alpha value is -0.340. The summed E-state index contributed by atoms with van der Waals surface area (Å²) in [4.78, 5) is 12.1. The molecule has 3 saturated carbocycles. The lowest BCUT2D eigenvalue weighted by Crippen LogP contribution is -2.51. The number of hydrogen-bond donors (Lipinski definition) is 1. The molecule has 0 saturated heterocycles. The van der Waals surface area contributed by atoms with Crippen molar-refractivity contribution in [2.75, 3.05) is 6.61 Å². The summed E-state index contributed by atoms with van der Waals surface area (Å²) < 4.78 is 0. The van der Waals surface area contributed by atoms with E-state index in [1.165, 1.54) is 37.7 Å². The van der Waals surface area contributed by atoms with Crippen molar-refractivity contribution in [1.82, 2.24) is 0 Å². The highest BCUT2D eigenvalue weighted by atomic mass is 35.5. The summed E-state index contributed by atoms with van der Waals surface area (Å²) in [6.07, 6.45) is 9.02. The van der Waals surface area contributed by atoms with Gasteiger partial charge in [0.1, 0.15) is 0 Å². The molecule has 4 aliphatic rings. The van der Waals surface area contributed by atoms with E-state index in [2.05, 4.69) is 20.8 Å². The van der Waals surface area contributed by atoms with Crippen molar-refractivity contribution in [3.05, 3.63) is 10.6 Å². The molecule has 3 heteroatoms. The van der Waals surface area contributed by atoms with Gasteiger partial charge in [0.25, 0.3) is 0 Å². The quantitative estimate of drug-likeness (QED) is 0.719. The number of fused-ring (bicyclic) bond motifs is 5. The van der Waals surface area contributed by atoms with Gasteiger partial charge < -0.3 is 5.11 Å². The average molecular weight is 365 g/mol. The second-order valence-corrected chi connectivity index (χ2v) is 10.3. The second-order valence-electron chi connectivity index (χ2n) is 9.94. The summed E-state index contributed by atoms with van der Waals surface area (Å²) >= 11 is 6.49. The zero-order chi connectivity index (χ0) is 18.0. The molecule has 2 nitrogen and oxygen atoms in total. The normalized spacial score (nSPS) is 48.0. The Morgan fingerprint density at radius 2 is 1.88 bits per heavy atom. The molecule has 4 aliphatic carbocycles. The highest BCUT2D eigenvalue weighted by Gasteiger charge is 2.59. The summed E-state index contributed by atoms with van der Waals surface area (Å²) in [5.41, 5.74) is 1.83. The molecule has 4 rings (SSSR count). The topological polar surface area (TPSA) is 37.3 Å². The molecule has 0 radical (unpaired) electrons. The zero-order valence-electron chi connectivity index (χ0n) is 16.0. The number of allylic oxidation sites excluding steroid dienone is 1. The van der Waals surface area contributed by atoms with Gasteiger partial charge in [0.15, 0.2) is 5.78 Å². The first-order valence-electron chi connectivity index (χ1n) is 10.4. The molecule has 0 spiro atoms. The van der Waals surface area contributed by atoms with Crippen LogP contribution in [0.1, 0.15) is 72.1 Å². The van der Waals surface area contributed by atoms with E-state index in [0.29, 0.717) is 41.2 Å². The van der Waals surface area contributed by atoms with Gasteiger partial charge in [-0.3, -0.25) is 4.79 Å². The minimum absolute atomic E-state index is 0.149. The molecule has 0 amide bonds. The van der Waals surface area contributed by atoms with Crippen molar-refractivity contribution in [3.63, 3.8) is 0 Å². The van der Waals surface area contributed by atoms with Crippen LogP contribution in [-0.4, -0.2) is 17.5 Å². The number of halogens is 1. The van der Waals surface area contributed by atoms with Crippen LogP contribution in [0.25, 0.3) is 0 Å². The Morgan fingerprint density at radius 1 is 1.12 bits per heavy atom. The monoisotopic (exact) mass is 364 g/mol. The fraction of sp³-hybridized carbons (Fsp3) is 0.864. The second kappa shape index (κ2) is 6.09. The van der Waals surface area contributed by atoms with Gasteiger partial charge >= 0.3 is 0 Å². The first-order valence-corrected chi connectivity index (χ1v) is 10.7. The van der Waals surface area contributed by atoms with Crippen LogP contribution in [0.5, 0.6) is 0 Å². The van der Waals surface area contributed by atoms with E-state index in [1.807, 2.05) is 0 Å². The summed E-state index contributed by atoms with van der Waals surface area (Å²) in [7, 11) is 0. The molecule has 25 heavy (non-hydrogen) atoms. The number of carbonyl (C=O) groups excluding carboxylic acids is 1. The van der Waals surface area contributed by atoms with Crippen molar-refractivity contribution in [2.24, 2.45) is 40.4 Å². The van der Waals surface area contributed by atoms with Crippen LogP contribution in [-0.2, 0) is 4.79 Å². The Balaban J connectivity index is 1.66. The first kappa shape index (κ1) is 18.0. The third kappa shape index (κ3) is 2.42. The number of aliphatic hydroxyl groups is 1. The van der Waals surface area contributed by atoms with Gasteiger partial charge in [-0.1, -0.05) is 32.4 Å². The molecule has 1 N–H and O–H groups in total. The molecule has 0 bridgehead atoms. The van der Waals surface area contributed by atoms with Gasteiger partial charge in [0.2, 0.25) is 0 Å². The first-order chi connectivity index (χ1) is 11.8. The third-order valence-corrected chi connectivity index (χ3v) is 9.54. The fourth-order valence-corrected chi connectivity index (χ4v) is 8.16. The number of ketones is 1. The van der Waals surface area contributed by atoms with Crippen LogP contribution >= 0.6 is 11.6 Å². The highest BCUT2D eigenvalue weighted by molar-refractivity contribution is 6.43. The molecule has 0 aromatic rings. The van der Waals surface area contributed by atoms with Crippen LogP contribution in [0.4, 0.5) is 0 Å². The Morgan fingerprint density at radius 3 is 2.60 bits per heavy atom. The van der Waals surface area contributed by atoms with E-state index in [1.54, 1.807) is 0 Å². The smallest absolute Gasteiger partial charge is 0.174 e. The van der Waals surface area contributed by atoms with E-state index in [-0.39, 0.29) is 11.2 Å². The molecule has 0 heterocycles. The van der Waals surface area contributed by atoms with Crippen molar-refractivity contribution >= 4 is 17.4 Å². The lowest BCUT2D eigenvalue weighted by atomic mass is 9.46. The maximum Gasteiger partial charge on any atom is 0.174 e. The molecule has 7 atom stereocenters.